The minimum absolute atomic E-state index is 0.0886. The molecule has 0 amide bonds. The molecule has 0 aromatic heterocycles. The van der Waals surface area contributed by atoms with E-state index in [1.807, 2.05) is 6.07 Å². The normalized spacial score (nSPS) is 35.2. The first-order chi connectivity index (χ1) is 13.5. The van der Waals surface area contributed by atoms with Crippen molar-refractivity contribution in [2.45, 2.75) is 62.5 Å². The topological polar surface area (TPSA) is 84.3 Å². The molecule has 2 aliphatic carbocycles. The number of piperidine rings is 1. The molecule has 0 radical (unpaired) electrons. The highest BCUT2D eigenvalue weighted by atomic mass is 35.5. The van der Waals surface area contributed by atoms with Gasteiger partial charge in [0.15, 0.2) is 0 Å². The number of nitrogen functional groups attached to an aromatic ring is 1. The lowest BCUT2D eigenvalue weighted by atomic mass is 9.53. The van der Waals surface area contributed by atoms with Crippen molar-refractivity contribution >= 4 is 17.3 Å². The lowest BCUT2D eigenvalue weighted by Crippen LogP contribution is -2.66. The predicted octanol–water partition coefficient (Wildman–Crippen LogP) is 3.96. The first kappa shape index (κ1) is 20.2. The number of fused-ring (bicyclic) bond motifs is 1. The molecule has 5 atom stereocenters. The molecule has 0 spiro atoms. The summed E-state index contributed by atoms with van der Waals surface area (Å²) in [5.41, 5.74) is 12.8. The van der Waals surface area contributed by atoms with Crippen molar-refractivity contribution in [2.24, 2.45) is 23.5 Å². The van der Waals surface area contributed by atoms with E-state index in [9.17, 15) is 5.11 Å². The van der Waals surface area contributed by atoms with Gasteiger partial charge in [0.25, 0.3) is 0 Å². The summed E-state index contributed by atoms with van der Waals surface area (Å²) >= 11 is 6.28. The van der Waals surface area contributed by atoms with Crippen molar-refractivity contribution in [2.75, 3.05) is 18.8 Å². The fourth-order valence-electron chi connectivity index (χ4n) is 6.53. The van der Waals surface area contributed by atoms with Gasteiger partial charge in [0.2, 0.25) is 0 Å². The fraction of sp³-hybridized carbons (Fsp3) is 0.652. The third kappa shape index (κ3) is 3.28. The van der Waals surface area contributed by atoms with Crippen LogP contribution >= 0.6 is 11.6 Å². The molecule has 5 heteroatoms. The highest BCUT2D eigenvalue weighted by molar-refractivity contribution is 6.30. The van der Waals surface area contributed by atoms with Crippen molar-refractivity contribution in [3.05, 3.63) is 40.9 Å². The van der Waals surface area contributed by atoms with Crippen molar-refractivity contribution < 1.29 is 5.11 Å². The number of benzene rings is 1. The summed E-state index contributed by atoms with van der Waals surface area (Å²) in [6, 6.07) is 5.39. The molecule has 28 heavy (non-hydrogen) atoms. The van der Waals surface area contributed by atoms with Gasteiger partial charge in [-0.15, -0.1) is 0 Å². The number of anilines is 1. The van der Waals surface area contributed by atoms with Crippen molar-refractivity contribution in [1.29, 1.82) is 0 Å². The molecule has 1 aliphatic heterocycles. The van der Waals surface area contributed by atoms with Crippen molar-refractivity contribution in [1.82, 2.24) is 5.32 Å². The largest absolute Gasteiger partial charge is 0.398 e. The first-order valence-corrected chi connectivity index (χ1v) is 11.3. The van der Waals surface area contributed by atoms with Gasteiger partial charge in [0.1, 0.15) is 5.60 Å². The van der Waals surface area contributed by atoms with Crippen LogP contribution in [0, 0.1) is 17.8 Å². The van der Waals surface area contributed by atoms with E-state index in [1.165, 1.54) is 12.8 Å². The number of hydrogen-bond donors (Lipinski definition) is 4. The fourth-order valence-corrected chi connectivity index (χ4v) is 6.70. The maximum atomic E-state index is 12.0. The molecule has 5 unspecified atom stereocenters. The van der Waals surface area contributed by atoms with Gasteiger partial charge in [-0.05, 0) is 87.4 Å². The summed E-state index contributed by atoms with van der Waals surface area (Å²) < 4.78 is 0. The van der Waals surface area contributed by atoms with E-state index < -0.39 is 5.60 Å². The number of nitrogens with two attached hydrogens (primary N) is 2. The summed E-state index contributed by atoms with van der Waals surface area (Å²) in [5.74, 6) is 1.12. The average molecular weight is 404 g/mol. The lowest BCUT2D eigenvalue weighted by molar-refractivity contribution is -0.106. The van der Waals surface area contributed by atoms with Crippen LogP contribution in [0.5, 0.6) is 0 Å². The van der Waals surface area contributed by atoms with Crippen LogP contribution in [0.25, 0.3) is 0 Å². The smallest absolute Gasteiger partial charge is 0.107 e. The Morgan fingerprint density at radius 3 is 2.82 bits per heavy atom. The van der Waals surface area contributed by atoms with Gasteiger partial charge in [0, 0.05) is 28.4 Å². The molecule has 6 N–H and O–H groups in total. The summed E-state index contributed by atoms with van der Waals surface area (Å²) in [5, 5.41) is 16.5. The van der Waals surface area contributed by atoms with E-state index in [0.717, 1.165) is 45.1 Å². The monoisotopic (exact) mass is 403 g/mol. The maximum Gasteiger partial charge on any atom is 0.107 e. The Kier molecular flexibility index (Phi) is 5.76. The maximum absolute atomic E-state index is 12.0. The molecule has 4 rings (SSSR count). The van der Waals surface area contributed by atoms with Gasteiger partial charge >= 0.3 is 0 Å². The number of aliphatic hydroxyl groups is 1. The highest BCUT2D eigenvalue weighted by Gasteiger charge is 2.56. The van der Waals surface area contributed by atoms with E-state index in [0.29, 0.717) is 28.1 Å². The Bertz CT molecular complexity index is 735. The number of halogens is 1. The quantitative estimate of drug-likeness (QED) is 0.452. The van der Waals surface area contributed by atoms with E-state index in [1.54, 1.807) is 12.1 Å². The lowest BCUT2D eigenvalue weighted by Gasteiger charge is -2.59. The van der Waals surface area contributed by atoms with Gasteiger partial charge < -0.3 is 21.9 Å². The molecule has 1 saturated heterocycles. The van der Waals surface area contributed by atoms with Gasteiger partial charge in [-0.3, -0.25) is 0 Å². The molecule has 1 heterocycles. The zero-order chi connectivity index (χ0) is 19.8. The number of hydrogen-bond acceptors (Lipinski definition) is 4. The molecule has 1 aromatic carbocycles. The van der Waals surface area contributed by atoms with Crippen LogP contribution < -0.4 is 16.8 Å². The third-order valence-corrected chi connectivity index (χ3v) is 8.04. The van der Waals surface area contributed by atoms with E-state index in [-0.39, 0.29) is 18.0 Å². The van der Waals surface area contributed by atoms with E-state index in [4.69, 9.17) is 23.1 Å². The Morgan fingerprint density at radius 2 is 2.07 bits per heavy atom. The summed E-state index contributed by atoms with van der Waals surface area (Å²) in [7, 11) is 0. The highest BCUT2D eigenvalue weighted by Crippen LogP contribution is 2.54. The van der Waals surface area contributed by atoms with Crippen LogP contribution in [0.1, 0.15) is 56.9 Å². The second-order valence-corrected chi connectivity index (χ2v) is 9.49. The van der Waals surface area contributed by atoms with Gasteiger partial charge in [-0.2, -0.15) is 0 Å². The van der Waals surface area contributed by atoms with Crippen LogP contribution in [0.3, 0.4) is 0 Å². The Hall–Kier alpha value is -1.07. The zero-order valence-corrected chi connectivity index (χ0v) is 17.4. The molecule has 0 bridgehead atoms. The van der Waals surface area contributed by atoms with Crippen LogP contribution in [0.2, 0.25) is 5.02 Å². The van der Waals surface area contributed by atoms with Gasteiger partial charge in [-0.1, -0.05) is 30.2 Å². The number of rotatable bonds is 4. The second-order valence-electron chi connectivity index (χ2n) is 9.06. The molecule has 2 fully saturated rings. The van der Waals surface area contributed by atoms with Crippen molar-refractivity contribution in [3.8, 4) is 0 Å². The molecule has 1 saturated carbocycles. The van der Waals surface area contributed by atoms with Crippen LogP contribution in [-0.2, 0) is 5.60 Å². The molecule has 3 aliphatic rings. The Morgan fingerprint density at radius 1 is 1.21 bits per heavy atom. The second kappa shape index (κ2) is 7.98. The van der Waals surface area contributed by atoms with Crippen LogP contribution in [0.4, 0.5) is 5.69 Å². The molecule has 1 aromatic rings. The summed E-state index contributed by atoms with van der Waals surface area (Å²) in [6.07, 6.45) is 13.8. The average Bonchev–Trinajstić information content (AvgIpc) is 2.75. The first-order valence-electron chi connectivity index (χ1n) is 10.9. The summed E-state index contributed by atoms with van der Waals surface area (Å²) in [4.78, 5) is 0. The van der Waals surface area contributed by atoms with Gasteiger partial charge in [0.05, 0.1) is 0 Å². The van der Waals surface area contributed by atoms with Gasteiger partial charge in [-0.25, -0.2) is 0 Å². The third-order valence-electron chi connectivity index (χ3n) is 7.80. The predicted molar refractivity (Wildman–Crippen MR) is 116 cm³/mol. The number of nitrogens with one attached hydrogen (secondary N) is 1. The molecular formula is C23H34ClN3O. The van der Waals surface area contributed by atoms with E-state index in [2.05, 4.69) is 17.5 Å². The molecule has 154 valence electrons. The van der Waals surface area contributed by atoms with E-state index >= 15 is 0 Å². The molecule has 4 nitrogen and oxygen atoms in total. The summed E-state index contributed by atoms with van der Waals surface area (Å²) in [6.45, 7) is 1.24. The Labute approximate surface area is 173 Å². The minimum Gasteiger partial charge on any atom is -0.398 e. The van der Waals surface area contributed by atoms with Crippen molar-refractivity contribution in [3.63, 3.8) is 0 Å². The zero-order valence-electron chi connectivity index (χ0n) is 16.7. The number of allylic oxidation sites excluding steroid dienone is 2. The minimum atomic E-state index is -1.14. The SMILES string of the molecule is NCC(O)(c1cc(Cl)ccc1N)C1CCCC2(C3CC=CCC3)NCCCC12. The van der Waals surface area contributed by atoms with Crippen LogP contribution in [-0.4, -0.2) is 23.7 Å². The molecular weight excluding hydrogens is 370 g/mol. The van der Waals surface area contributed by atoms with Crippen LogP contribution in [0.15, 0.2) is 30.4 Å². The standard InChI is InChI=1S/C23H34ClN3O/c24-17-10-11-21(26)20(14-17)23(28,15-25)19-8-4-12-22(16-6-2-1-3-7-16)18(19)9-5-13-27-22/h1-2,10-11,14,16,18-19,27-28H,3-9,12-13,15,25-26H2. The Balaban J connectivity index is 1.75.